The molecule has 0 aliphatic carbocycles. The molecule has 0 bridgehead atoms. The van der Waals surface area contributed by atoms with Crippen molar-refractivity contribution in [3.05, 3.63) is 69.1 Å². The SMILES string of the molecule is Cc1ccc(-n2[nH]c(C)c(N=Nc3cccc(C4CCCN(C(N)=O)C4)c3O)c2=O)cc1C. The molecule has 0 radical (unpaired) electrons. The molecule has 3 aromatic rings. The molecular weight excluding hydrogens is 420 g/mol. The van der Waals surface area contributed by atoms with E-state index in [1.165, 1.54) is 4.68 Å². The lowest BCUT2D eigenvalue weighted by atomic mass is 9.90. The van der Waals surface area contributed by atoms with Gasteiger partial charge in [-0.15, -0.1) is 10.2 Å². The van der Waals surface area contributed by atoms with Crippen molar-refractivity contribution >= 4 is 17.4 Å². The van der Waals surface area contributed by atoms with Gasteiger partial charge >= 0.3 is 6.03 Å². The third kappa shape index (κ3) is 4.39. The number of carbonyl (C=O) groups is 1. The number of primary amides is 1. The number of nitrogens with zero attached hydrogens (tertiary/aromatic N) is 4. The standard InChI is InChI=1S/C24H28N6O3/c1-14-9-10-18(12-15(14)2)30-23(32)21(16(3)28-30)27-26-20-8-4-7-19(22(20)31)17-6-5-11-29(13-17)24(25)33/h4,7-10,12,17,28,31H,5-6,11,13H2,1-3H3,(H2,25,33). The predicted octanol–water partition coefficient (Wildman–Crippen LogP) is 4.47. The van der Waals surface area contributed by atoms with Crippen LogP contribution in [0.15, 0.2) is 51.4 Å². The second-order valence-corrected chi connectivity index (χ2v) is 8.53. The molecular formula is C24H28N6O3. The van der Waals surface area contributed by atoms with Gasteiger partial charge in [-0.3, -0.25) is 9.89 Å². The van der Waals surface area contributed by atoms with Gasteiger partial charge in [-0.2, -0.15) is 0 Å². The molecule has 1 saturated heterocycles. The zero-order valence-electron chi connectivity index (χ0n) is 19.0. The Morgan fingerprint density at radius 3 is 2.67 bits per heavy atom. The fourth-order valence-electron chi connectivity index (χ4n) is 4.20. The van der Waals surface area contributed by atoms with Crippen molar-refractivity contribution in [3.63, 3.8) is 0 Å². The number of hydrogen-bond acceptors (Lipinski definition) is 5. The Labute approximate surface area is 191 Å². The Morgan fingerprint density at radius 2 is 1.94 bits per heavy atom. The lowest BCUT2D eigenvalue weighted by Gasteiger charge is -2.32. The Kier molecular flexibility index (Phi) is 6.04. The van der Waals surface area contributed by atoms with Crippen molar-refractivity contribution in [2.45, 2.75) is 39.5 Å². The number of carbonyl (C=O) groups excluding carboxylic acids is 1. The van der Waals surface area contributed by atoms with E-state index in [2.05, 4.69) is 15.3 Å². The molecule has 2 heterocycles. The molecule has 9 nitrogen and oxygen atoms in total. The minimum atomic E-state index is -0.460. The molecule has 172 valence electrons. The first-order valence-electron chi connectivity index (χ1n) is 10.9. The molecule has 33 heavy (non-hydrogen) atoms. The lowest BCUT2D eigenvalue weighted by molar-refractivity contribution is 0.188. The van der Waals surface area contributed by atoms with Gasteiger partial charge in [0, 0.05) is 24.6 Å². The summed E-state index contributed by atoms with van der Waals surface area (Å²) in [7, 11) is 0. The summed E-state index contributed by atoms with van der Waals surface area (Å²) in [6.45, 7) is 6.82. The third-order valence-corrected chi connectivity index (χ3v) is 6.27. The fraction of sp³-hybridized carbons (Fsp3) is 0.333. The highest BCUT2D eigenvalue weighted by atomic mass is 16.3. The number of hydrogen-bond donors (Lipinski definition) is 3. The van der Waals surface area contributed by atoms with E-state index in [0.717, 1.165) is 24.0 Å². The number of aromatic hydroxyl groups is 1. The predicted molar refractivity (Wildman–Crippen MR) is 126 cm³/mol. The van der Waals surface area contributed by atoms with Crippen LogP contribution in [0.25, 0.3) is 5.69 Å². The van der Waals surface area contributed by atoms with Crippen molar-refractivity contribution in [1.29, 1.82) is 0 Å². The smallest absolute Gasteiger partial charge is 0.314 e. The van der Waals surface area contributed by atoms with Crippen LogP contribution in [-0.4, -0.2) is 38.9 Å². The number of phenolic OH excluding ortho intramolecular Hbond substituents is 1. The summed E-state index contributed by atoms with van der Waals surface area (Å²) in [5, 5.41) is 22.2. The number of aromatic amines is 1. The van der Waals surface area contributed by atoms with Crippen LogP contribution < -0.4 is 11.3 Å². The van der Waals surface area contributed by atoms with Gasteiger partial charge < -0.3 is 15.7 Å². The summed E-state index contributed by atoms with van der Waals surface area (Å²) in [6, 6.07) is 10.5. The van der Waals surface area contributed by atoms with Gasteiger partial charge in [0.1, 0.15) is 11.4 Å². The molecule has 2 aromatic carbocycles. The maximum Gasteiger partial charge on any atom is 0.314 e. The molecule has 1 unspecified atom stereocenters. The van der Waals surface area contributed by atoms with Crippen LogP contribution in [0.5, 0.6) is 5.75 Å². The van der Waals surface area contributed by atoms with Crippen LogP contribution >= 0.6 is 0 Å². The van der Waals surface area contributed by atoms with E-state index in [-0.39, 0.29) is 28.6 Å². The molecule has 1 aromatic heterocycles. The number of phenols is 1. The molecule has 1 fully saturated rings. The highest BCUT2D eigenvalue weighted by Gasteiger charge is 2.26. The van der Waals surface area contributed by atoms with E-state index in [1.54, 1.807) is 24.0 Å². The number of aromatic nitrogens is 2. The molecule has 0 spiro atoms. The van der Waals surface area contributed by atoms with E-state index in [4.69, 9.17) is 5.73 Å². The first kappa shape index (κ1) is 22.3. The van der Waals surface area contributed by atoms with Crippen LogP contribution in [0, 0.1) is 20.8 Å². The molecule has 4 rings (SSSR count). The van der Waals surface area contributed by atoms with Gasteiger partial charge in [-0.25, -0.2) is 9.48 Å². The van der Waals surface area contributed by atoms with Gasteiger partial charge in [0.15, 0.2) is 5.69 Å². The number of amides is 2. The number of aryl methyl sites for hydroxylation is 3. The van der Waals surface area contributed by atoms with Crippen LogP contribution in [0.2, 0.25) is 0 Å². The molecule has 1 aliphatic heterocycles. The normalized spacial score (nSPS) is 16.5. The molecule has 4 N–H and O–H groups in total. The minimum absolute atomic E-state index is 0.000226. The first-order chi connectivity index (χ1) is 15.8. The zero-order valence-corrected chi connectivity index (χ0v) is 19.0. The fourth-order valence-corrected chi connectivity index (χ4v) is 4.20. The topological polar surface area (TPSA) is 129 Å². The van der Waals surface area contributed by atoms with Crippen LogP contribution in [0.1, 0.15) is 41.1 Å². The van der Waals surface area contributed by atoms with E-state index in [1.807, 2.05) is 38.1 Å². The monoisotopic (exact) mass is 448 g/mol. The summed E-state index contributed by atoms with van der Waals surface area (Å²) >= 11 is 0. The summed E-state index contributed by atoms with van der Waals surface area (Å²) in [4.78, 5) is 26.1. The van der Waals surface area contributed by atoms with Crippen LogP contribution in [0.3, 0.4) is 0 Å². The minimum Gasteiger partial charge on any atom is -0.505 e. The molecule has 1 atom stereocenters. The average molecular weight is 449 g/mol. The van der Waals surface area contributed by atoms with Crippen molar-refractivity contribution in [3.8, 4) is 11.4 Å². The summed E-state index contributed by atoms with van der Waals surface area (Å²) < 4.78 is 1.44. The number of benzene rings is 2. The quantitative estimate of drug-likeness (QED) is 0.509. The number of rotatable bonds is 4. The number of urea groups is 1. The zero-order chi connectivity index (χ0) is 23.7. The molecule has 1 aliphatic rings. The van der Waals surface area contributed by atoms with Crippen molar-refractivity contribution in [2.24, 2.45) is 16.0 Å². The van der Waals surface area contributed by atoms with Crippen molar-refractivity contribution < 1.29 is 9.90 Å². The van der Waals surface area contributed by atoms with E-state index >= 15 is 0 Å². The Balaban J connectivity index is 1.63. The Bertz CT molecular complexity index is 1290. The van der Waals surface area contributed by atoms with Gasteiger partial charge in [0.05, 0.1) is 11.4 Å². The number of para-hydroxylation sites is 1. The lowest BCUT2D eigenvalue weighted by Crippen LogP contribution is -2.42. The summed E-state index contributed by atoms with van der Waals surface area (Å²) in [5.41, 5.74) is 9.75. The van der Waals surface area contributed by atoms with Crippen molar-refractivity contribution in [1.82, 2.24) is 14.7 Å². The largest absolute Gasteiger partial charge is 0.505 e. The number of azo groups is 1. The van der Waals surface area contributed by atoms with E-state index < -0.39 is 6.03 Å². The summed E-state index contributed by atoms with van der Waals surface area (Å²) in [5.74, 6) is -0.0438. The maximum absolute atomic E-state index is 13.0. The van der Waals surface area contributed by atoms with E-state index in [9.17, 15) is 14.7 Å². The van der Waals surface area contributed by atoms with E-state index in [0.29, 0.717) is 30.0 Å². The molecule has 9 heteroatoms. The van der Waals surface area contributed by atoms with Gasteiger partial charge in [0.2, 0.25) is 0 Å². The first-order valence-corrected chi connectivity index (χ1v) is 10.9. The third-order valence-electron chi connectivity index (χ3n) is 6.27. The number of H-pyrrole nitrogens is 1. The Hall–Kier alpha value is -3.88. The van der Waals surface area contributed by atoms with Gasteiger partial charge in [-0.1, -0.05) is 18.2 Å². The number of nitrogens with two attached hydrogens (primary N) is 1. The number of nitrogens with one attached hydrogen (secondary N) is 1. The van der Waals surface area contributed by atoms with Crippen LogP contribution in [0.4, 0.5) is 16.2 Å². The highest BCUT2D eigenvalue weighted by Crippen LogP contribution is 2.39. The second kappa shape index (κ2) is 8.93. The van der Waals surface area contributed by atoms with Gasteiger partial charge in [-0.05, 0) is 62.9 Å². The molecule has 0 saturated carbocycles. The maximum atomic E-state index is 13.0. The number of piperidine rings is 1. The average Bonchev–Trinajstić information content (AvgIpc) is 3.08. The van der Waals surface area contributed by atoms with Crippen LogP contribution in [-0.2, 0) is 0 Å². The Morgan fingerprint density at radius 1 is 1.15 bits per heavy atom. The second-order valence-electron chi connectivity index (χ2n) is 8.53. The number of likely N-dealkylation sites (tertiary alicyclic amines) is 1. The highest BCUT2D eigenvalue weighted by molar-refractivity contribution is 5.72. The van der Waals surface area contributed by atoms with Crippen molar-refractivity contribution in [2.75, 3.05) is 13.1 Å². The molecule has 2 amide bonds. The van der Waals surface area contributed by atoms with Gasteiger partial charge in [0.25, 0.3) is 5.56 Å². The summed E-state index contributed by atoms with van der Waals surface area (Å²) in [6.07, 6.45) is 1.63.